The fourth-order valence-electron chi connectivity index (χ4n) is 2.82. The molecular weight excluding hydrogens is 407 g/mol. The molecule has 29 heavy (non-hydrogen) atoms. The van der Waals surface area contributed by atoms with Gasteiger partial charge >= 0.3 is 0 Å². The van der Waals surface area contributed by atoms with Crippen LogP contribution in [0.1, 0.15) is 24.5 Å². The first-order chi connectivity index (χ1) is 14.2. The summed E-state index contributed by atoms with van der Waals surface area (Å²) in [5.41, 5.74) is 2.18. The summed E-state index contributed by atoms with van der Waals surface area (Å²) in [5, 5.41) is 8.02. The van der Waals surface area contributed by atoms with Crippen LogP contribution in [0, 0.1) is 0 Å². The highest BCUT2D eigenvalue weighted by molar-refractivity contribution is 6.35. The lowest BCUT2D eigenvalue weighted by molar-refractivity contribution is 0.743. The zero-order valence-electron chi connectivity index (χ0n) is 16.3. The molecule has 6 nitrogen and oxygen atoms in total. The largest absolute Gasteiger partial charge is 0.357 e. The van der Waals surface area contributed by atoms with Gasteiger partial charge in [0.2, 0.25) is 0 Å². The van der Waals surface area contributed by atoms with Gasteiger partial charge in [0.25, 0.3) is 0 Å². The van der Waals surface area contributed by atoms with Crippen LogP contribution in [0.4, 0.5) is 0 Å². The molecule has 0 fully saturated rings. The predicted octanol–water partition coefficient (Wildman–Crippen LogP) is 4.26. The van der Waals surface area contributed by atoms with E-state index < -0.39 is 0 Å². The molecule has 0 unspecified atom stereocenters. The first kappa shape index (κ1) is 21.1. The van der Waals surface area contributed by atoms with E-state index in [1.54, 1.807) is 24.8 Å². The van der Waals surface area contributed by atoms with Gasteiger partial charge in [0.1, 0.15) is 12.1 Å². The second-order valence-corrected chi connectivity index (χ2v) is 7.30. The van der Waals surface area contributed by atoms with Crippen molar-refractivity contribution in [1.82, 2.24) is 25.2 Å². The molecular formula is C21H24Cl2N6. The van der Waals surface area contributed by atoms with E-state index in [2.05, 4.69) is 25.6 Å². The Morgan fingerprint density at radius 2 is 2.03 bits per heavy atom. The van der Waals surface area contributed by atoms with E-state index in [0.717, 1.165) is 48.8 Å². The van der Waals surface area contributed by atoms with E-state index >= 15 is 0 Å². The summed E-state index contributed by atoms with van der Waals surface area (Å²) in [4.78, 5) is 13.1. The van der Waals surface area contributed by atoms with Gasteiger partial charge < -0.3 is 10.6 Å². The topological polar surface area (TPSA) is 67.1 Å². The normalized spacial score (nSPS) is 11.5. The molecule has 0 aliphatic heterocycles. The minimum absolute atomic E-state index is 0.558. The molecule has 152 valence electrons. The number of pyridine rings is 1. The van der Waals surface area contributed by atoms with Gasteiger partial charge in [-0.15, -0.1) is 0 Å². The Morgan fingerprint density at radius 3 is 2.79 bits per heavy atom. The van der Waals surface area contributed by atoms with Crippen molar-refractivity contribution in [2.45, 2.75) is 26.3 Å². The highest BCUT2D eigenvalue weighted by atomic mass is 35.5. The number of nitrogens with zero attached hydrogens (tertiary/aromatic N) is 4. The van der Waals surface area contributed by atoms with Crippen LogP contribution in [0.5, 0.6) is 0 Å². The van der Waals surface area contributed by atoms with Crippen molar-refractivity contribution in [3.05, 3.63) is 76.4 Å². The molecule has 0 saturated heterocycles. The summed E-state index contributed by atoms with van der Waals surface area (Å²) in [5.74, 6) is 1.61. The molecule has 0 saturated carbocycles. The number of halogens is 2. The number of guanidine groups is 1. The average Bonchev–Trinajstić information content (AvgIpc) is 3.26. The number of benzene rings is 1. The SMILES string of the molecule is CCNC(=NCc1ccnc(-n2ccnc2)c1)NCCCc1ccc(Cl)cc1Cl. The van der Waals surface area contributed by atoms with Gasteiger partial charge in [0, 0.05) is 41.7 Å². The van der Waals surface area contributed by atoms with Gasteiger partial charge in [0.05, 0.1) is 6.54 Å². The third-order valence-corrected chi connectivity index (χ3v) is 4.86. The lowest BCUT2D eigenvalue weighted by Gasteiger charge is -2.12. The monoisotopic (exact) mass is 430 g/mol. The Morgan fingerprint density at radius 1 is 1.14 bits per heavy atom. The second-order valence-electron chi connectivity index (χ2n) is 6.45. The van der Waals surface area contributed by atoms with Crippen molar-refractivity contribution in [1.29, 1.82) is 0 Å². The predicted molar refractivity (Wildman–Crippen MR) is 119 cm³/mol. The first-order valence-corrected chi connectivity index (χ1v) is 10.3. The number of hydrogen-bond donors (Lipinski definition) is 2. The summed E-state index contributed by atoms with van der Waals surface area (Å²) in [6.07, 6.45) is 8.93. The molecule has 0 atom stereocenters. The average molecular weight is 431 g/mol. The molecule has 0 spiro atoms. The van der Waals surface area contributed by atoms with Crippen LogP contribution in [0.15, 0.2) is 60.2 Å². The fraction of sp³-hybridized carbons (Fsp3) is 0.286. The van der Waals surface area contributed by atoms with E-state index in [1.165, 1.54) is 0 Å². The fourth-order valence-corrected chi connectivity index (χ4v) is 3.32. The van der Waals surface area contributed by atoms with Crippen LogP contribution in [0.25, 0.3) is 5.82 Å². The van der Waals surface area contributed by atoms with Crippen molar-refractivity contribution < 1.29 is 0 Å². The minimum Gasteiger partial charge on any atom is -0.357 e. The third kappa shape index (κ3) is 6.48. The highest BCUT2D eigenvalue weighted by Crippen LogP contribution is 2.21. The van der Waals surface area contributed by atoms with Gasteiger partial charge in [-0.05, 0) is 55.2 Å². The van der Waals surface area contributed by atoms with E-state index in [0.29, 0.717) is 16.6 Å². The summed E-state index contributed by atoms with van der Waals surface area (Å²) >= 11 is 12.2. The first-order valence-electron chi connectivity index (χ1n) is 9.55. The molecule has 0 amide bonds. The molecule has 8 heteroatoms. The van der Waals surface area contributed by atoms with E-state index in [-0.39, 0.29) is 0 Å². The summed E-state index contributed by atoms with van der Waals surface area (Å²) in [6.45, 7) is 4.20. The Labute approximate surface area is 181 Å². The number of imidazole rings is 1. The van der Waals surface area contributed by atoms with Crippen LogP contribution in [-0.4, -0.2) is 33.6 Å². The molecule has 2 heterocycles. The Hall–Kier alpha value is -2.57. The molecule has 2 aromatic heterocycles. The van der Waals surface area contributed by atoms with Crippen molar-refractivity contribution in [3.8, 4) is 5.82 Å². The Bertz CT molecular complexity index is 940. The molecule has 2 N–H and O–H groups in total. The lowest BCUT2D eigenvalue weighted by atomic mass is 10.1. The maximum atomic E-state index is 6.24. The van der Waals surface area contributed by atoms with Gasteiger partial charge in [-0.25, -0.2) is 15.0 Å². The quantitative estimate of drug-likeness (QED) is 0.318. The number of aryl methyl sites for hydroxylation is 1. The second kappa shape index (κ2) is 10.8. The van der Waals surface area contributed by atoms with Crippen LogP contribution in [0.3, 0.4) is 0 Å². The van der Waals surface area contributed by atoms with Crippen molar-refractivity contribution in [2.75, 3.05) is 13.1 Å². The molecule has 3 aromatic rings. The number of rotatable bonds is 8. The van der Waals surface area contributed by atoms with Gasteiger partial charge in [-0.1, -0.05) is 29.3 Å². The van der Waals surface area contributed by atoms with Crippen molar-refractivity contribution >= 4 is 29.2 Å². The van der Waals surface area contributed by atoms with E-state index in [9.17, 15) is 0 Å². The summed E-state index contributed by atoms with van der Waals surface area (Å²) < 4.78 is 1.87. The third-order valence-electron chi connectivity index (χ3n) is 4.27. The number of nitrogens with one attached hydrogen (secondary N) is 2. The molecule has 0 aliphatic carbocycles. The maximum absolute atomic E-state index is 6.24. The van der Waals surface area contributed by atoms with Crippen molar-refractivity contribution in [2.24, 2.45) is 4.99 Å². The van der Waals surface area contributed by atoms with Gasteiger partial charge in [-0.3, -0.25) is 4.57 Å². The number of hydrogen-bond acceptors (Lipinski definition) is 3. The summed E-state index contributed by atoms with van der Waals surface area (Å²) in [7, 11) is 0. The highest BCUT2D eigenvalue weighted by Gasteiger charge is 2.03. The molecule has 0 aliphatic rings. The summed E-state index contributed by atoms with van der Waals surface area (Å²) in [6, 6.07) is 9.61. The minimum atomic E-state index is 0.558. The Kier molecular flexibility index (Phi) is 7.90. The van der Waals surface area contributed by atoms with Gasteiger partial charge in [-0.2, -0.15) is 0 Å². The van der Waals surface area contributed by atoms with Crippen LogP contribution in [0.2, 0.25) is 10.0 Å². The van der Waals surface area contributed by atoms with Crippen LogP contribution < -0.4 is 10.6 Å². The van der Waals surface area contributed by atoms with E-state index in [1.807, 2.05) is 42.0 Å². The number of aromatic nitrogens is 3. The molecule has 0 radical (unpaired) electrons. The lowest BCUT2D eigenvalue weighted by Crippen LogP contribution is -2.37. The molecule has 0 bridgehead atoms. The van der Waals surface area contributed by atoms with Crippen LogP contribution >= 0.6 is 23.2 Å². The molecule has 1 aromatic carbocycles. The zero-order chi connectivity index (χ0) is 20.5. The van der Waals surface area contributed by atoms with Gasteiger partial charge in [0.15, 0.2) is 5.96 Å². The smallest absolute Gasteiger partial charge is 0.191 e. The zero-order valence-corrected chi connectivity index (χ0v) is 17.8. The Balaban J connectivity index is 1.54. The standard InChI is InChI=1S/C21H24Cl2N6/c1-2-25-21(27-8-3-4-17-5-6-18(22)13-19(17)23)28-14-16-7-9-26-20(12-16)29-11-10-24-15-29/h5-7,9-13,15H,2-4,8,14H2,1H3,(H2,25,27,28). The number of aliphatic imine (C=N–C) groups is 1. The van der Waals surface area contributed by atoms with Crippen molar-refractivity contribution in [3.63, 3.8) is 0 Å². The van der Waals surface area contributed by atoms with E-state index in [4.69, 9.17) is 23.2 Å². The molecule has 3 rings (SSSR count). The van der Waals surface area contributed by atoms with Crippen LogP contribution in [-0.2, 0) is 13.0 Å². The maximum Gasteiger partial charge on any atom is 0.191 e.